The quantitative estimate of drug-likeness (QED) is 0.527. The molecule has 3 aromatic heterocycles. The van der Waals surface area contributed by atoms with Gasteiger partial charge in [-0.1, -0.05) is 12.1 Å². The van der Waals surface area contributed by atoms with Gasteiger partial charge >= 0.3 is 0 Å². The summed E-state index contributed by atoms with van der Waals surface area (Å²) in [4.78, 5) is 26.6. The van der Waals surface area contributed by atoms with Crippen LogP contribution < -0.4 is 10.2 Å². The molecule has 1 N–H and O–H groups in total. The molecule has 8 nitrogen and oxygen atoms in total. The van der Waals surface area contributed by atoms with Crippen LogP contribution in [0, 0.1) is 0 Å². The van der Waals surface area contributed by atoms with E-state index in [1.54, 1.807) is 6.20 Å². The zero-order valence-corrected chi connectivity index (χ0v) is 17.2. The second kappa shape index (κ2) is 7.95. The Hall–Kier alpha value is -3.95. The number of benzene rings is 1. The van der Waals surface area contributed by atoms with Gasteiger partial charge in [0.2, 0.25) is 5.91 Å². The minimum atomic E-state index is -2.67. The van der Waals surface area contributed by atoms with E-state index in [9.17, 15) is 13.6 Å². The molecule has 4 heterocycles. The summed E-state index contributed by atoms with van der Waals surface area (Å²) < 4.78 is 27.6. The molecule has 0 fully saturated rings. The highest BCUT2D eigenvalue weighted by atomic mass is 19.3. The number of halogens is 2. The third-order valence-electron chi connectivity index (χ3n) is 5.42. The molecule has 0 atom stereocenters. The summed E-state index contributed by atoms with van der Waals surface area (Å²) in [5.74, 6) is 0.614. The maximum absolute atomic E-state index is 13.1. The summed E-state index contributed by atoms with van der Waals surface area (Å²) in [6.45, 7) is 2.83. The lowest BCUT2D eigenvalue weighted by molar-refractivity contribution is -0.114. The molecular formula is C22H19F2N7O. The third-order valence-corrected chi connectivity index (χ3v) is 5.42. The Kier molecular flexibility index (Phi) is 4.96. The molecule has 1 aromatic carbocycles. The Morgan fingerprint density at radius 1 is 1.16 bits per heavy atom. The van der Waals surface area contributed by atoms with Gasteiger partial charge in [0, 0.05) is 31.8 Å². The van der Waals surface area contributed by atoms with Gasteiger partial charge in [0.15, 0.2) is 5.65 Å². The molecule has 10 heteroatoms. The van der Waals surface area contributed by atoms with Crippen LogP contribution in [0.4, 0.5) is 20.3 Å². The van der Waals surface area contributed by atoms with E-state index in [-0.39, 0.29) is 11.6 Å². The van der Waals surface area contributed by atoms with Crippen LogP contribution in [0.1, 0.15) is 30.2 Å². The fraction of sp³-hybridized carbons (Fsp3) is 0.227. The van der Waals surface area contributed by atoms with Gasteiger partial charge in [-0.15, -0.1) is 0 Å². The fourth-order valence-corrected chi connectivity index (χ4v) is 3.95. The minimum Gasteiger partial charge on any atom is -0.352 e. The van der Waals surface area contributed by atoms with Crippen molar-refractivity contribution in [2.24, 2.45) is 0 Å². The molecule has 162 valence electrons. The molecule has 0 saturated carbocycles. The number of imidazole rings is 1. The zero-order valence-electron chi connectivity index (χ0n) is 17.2. The van der Waals surface area contributed by atoms with Crippen molar-refractivity contribution in [3.8, 4) is 11.4 Å². The van der Waals surface area contributed by atoms with Gasteiger partial charge in [0.1, 0.15) is 23.5 Å². The van der Waals surface area contributed by atoms with Crippen LogP contribution >= 0.6 is 0 Å². The summed E-state index contributed by atoms with van der Waals surface area (Å²) in [5.41, 5.74) is 4.26. The normalized spacial score (nSPS) is 13.4. The van der Waals surface area contributed by atoms with Crippen molar-refractivity contribution in [1.82, 2.24) is 24.6 Å². The van der Waals surface area contributed by atoms with Gasteiger partial charge in [-0.3, -0.25) is 4.79 Å². The maximum atomic E-state index is 13.1. The predicted octanol–water partition coefficient (Wildman–Crippen LogP) is 3.65. The first-order valence-electron chi connectivity index (χ1n) is 10.1. The lowest BCUT2D eigenvalue weighted by atomic mass is 9.97. The number of anilines is 2. The first kappa shape index (κ1) is 20.0. The molecule has 0 spiro atoms. The van der Waals surface area contributed by atoms with E-state index in [0.717, 1.165) is 23.2 Å². The Morgan fingerprint density at radius 3 is 2.84 bits per heavy atom. The molecule has 1 amide bonds. The molecule has 0 saturated heterocycles. The van der Waals surface area contributed by atoms with E-state index in [4.69, 9.17) is 0 Å². The topological polar surface area (TPSA) is 88.3 Å². The number of hydrogen-bond donors (Lipinski definition) is 1. The van der Waals surface area contributed by atoms with E-state index in [0.29, 0.717) is 35.9 Å². The SMILES string of the molecule is CC(=O)Nc1cccc2c1CCN(c1cc(-c3cnc4ccc(C(F)F)nn34)ncn1)C2. The van der Waals surface area contributed by atoms with E-state index in [1.165, 1.54) is 29.9 Å². The molecule has 0 unspecified atom stereocenters. The Labute approximate surface area is 181 Å². The van der Waals surface area contributed by atoms with Gasteiger partial charge in [-0.2, -0.15) is 5.10 Å². The van der Waals surface area contributed by atoms with E-state index >= 15 is 0 Å². The number of fused-ring (bicyclic) bond motifs is 2. The molecular weight excluding hydrogens is 416 g/mol. The van der Waals surface area contributed by atoms with Gasteiger partial charge in [-0.25, -0.2) is 28.2 Å². The van der Waals surface area contributed by atoms with Crippen molar-refractivity contribution in [3.05, 3.63) is 65.7 Å². The number of nitrogens with zero attached hydrogens (tertiary/aromatic N) is 6. The van der Waals surface area contributed by atoms with Crippen molar-refractivity contribution >= 4 is 23.1 Å². The molecule has 0 aliphatic carbocycles. The summed E-state index contributed by atoms with van der Waals surface area (Å²) in [6.07, 6.45) is 1.09. The van der Waals surface area contributed by atoms with E-state index < -0.39 is 6.43 Å². The van der Waals surface area contributed by atoms with Crippen molar-refractivity contribution in [2.45, 2.75) is 26.3 Å². The lowest BCUT2D eigenvalue weighted by Crippen LogP contribution is -2.31. The summed E-state index contributed by atoms with van der Waals surface area (Å²) in [5, 5.41) is 6.90. The average molecular weight is 435 g/mol. The lowest BCUT2D eigenvalue weighted by Gasteiger charge is -2.31. The van der Waals surface area contributed by atoms with Crippen LogP contribution in [0.3, 0.4) is 0 Å². The first-order chi connectivity index (χ1) is 15.5. The molecule has 1 aliphatic rings. The van der Waals surface area contributed by atoms with Gasteiger partial charge < -0.3 is 10.2 Å². The zero-order chi connectivity index (χ0) is 22.2. The third kappa shape index (κ3) is 3.64. The number of nitrogens with one attached hydrogen (secondary N) is 1. The summed E-state index contributed by atoms with van der Waals surface area (Å²) in [7, 11) is 0. The maximum Gasteiger partial charge on any atom is 0.282 e. The van der Waals surface area contributed by atoms with E-state index in [1.807, 2.05) is 24.3 Å². The second-order valence-electron chi connectivity index (χ2n) is 7.53. The summed E-state index contributed by atoms with van der Waals surface area (Å²) >= 11 is 0. The van der Waals surface area contributed by atoms with Crippen molar-refractivity contribution in [3.63, 3.8) is 0 Å². The Bertz CT molecular complexity index is 1320. The van der Waals surface area contributed by atoms with Gasteiger partial charge in [0.05, 0.1) is 11.9 Å². The molecule has 0 radical (unpaired) electrons. The number of carbonyl (C=O) groups is 1. The standard InChI is InChI=1S/C22H19F2N7O/c1-13(32)28-16-4-2-3-14-11-30(8-7-15(14)16)21-9-18(26-12-27-21)19-10-25-20-6-5-17(22(23)24)29-31(19)20/h2-6,9-10,12,22H,7-8,11H2,1H3,(H,28,32). The van der Waals surface area contributed by atoms with Crippen LogP contribution in [0.5, 0.6) is 0 Å². The fourth-order valence-electron chi connectivity index (χ4n) is 3.95. The number of aromatic nitrogens is 5. The molecule has 0 bridgehead atoms. The van der Waals surface area contributed by atoms with Crippen molar-refractivity contribution in [1.29, 1.82) is 0 Å². The highest BCUT2D eigenvalue weighted by Crippen LogP contribution is 2.30. The van der Waals surface area contributed by atoms with Crippen LogP contribution in [0.25, 0.3) is 17.0 Å². The van der Waals surface area contributed by atoms with Crippen molar-refractivity contribution < 1.29 is 13.6 Å². The van der Waals surface area contributed by atoms with E-state index in [2.05, 4.69) is 30.3 Å². The Balaban J connectivity index is 1.46. The number of alkyl halides is 2. The van der Waals surface area contributed by atoms with Crippen LogP contribution in [0.2, 0.25) is 0 Å². The van der Waals surface area contributed by atoms with Crippen LogP contribution in [-0.4, -0.2) is 37.0 Å². The largest absolute Gasteiger partial charge is 0.352 e. The average Bonchev–Trinajstić information content (AvgIpc) is 3.22. The minimum absolute atomic E-state index is 0.0992. The summed E-state index contributed by atoms with van der Waals surface area (Å²) in [6, 6.07) is 10.4. The van der Waals surface area contributed by atoms with Gasteiger partial charge in [0.25, 0.3) is 6.43 Å². The molecule has 4 aromatic rings. The van der Waals surface area contributed by atoms with Crippen LogP contribution in [-0.2, 0) is 17.8 Å². The highest BCUT2D eigenvalue weighted by Gasteiger charge is 2.21. The van der Waals surface area contributed by atoms with Crippen LogP contribution in [0.15, 0.2) is 48.9 Å². The number of amides is 1. The van der Waals surface area contributed by atoms with Crippen molar-refractivity contribution in [2.75, 3.05) is 16.8 Å². The smallest absolute Gasteiger partial charge is 0.282 e. The molecule has 5 rings (SSSR count). The Morgan fingerprint density at radius 2 is 2.03 bits per heavy atom. The number of carbonyl (C=O) groups excluding carboxylic acids is 1. The van der Waals surface area contributed by atoms with Gasteiger partial charge in [-0.05, 0) is 35.7 Å². The molecule has 1 aliphatic heterocycles. The first-order valence-corrected chi connectivity index (χ1v) is 10.1. The predicted molar refractivity (Wildman–Crippen MR) is 114 cm³/mol. The number of rotatable bonds is 4. The highest BCUT2D eigenvalue weighted by molar-refractivity contribution is 5.89. The number of hydrogen-bond acceptors (Lipinski definition) is 6. The monoisotopic (exact) mass is 435 g/mol. The second-order valence-corrected chi connectivity index (χ2v) is 7.53. The molecule has 32 heavy (non-hydrogen) atoms.